The van der Waals surface area contributed by atoms with Crippen molar-refractivity contribution in [3.8, 4) is 0 Å². The van der Waals surface area contributed by atoms with Crippen LogP contribution in [0.2, 0.25) is 0 Å². The summed E-state index contributed by atoms with van der Waals surface area (Å²) in [4.78, 5) is 5.09. The molecule has 0 aromatic rings. The van der Waals surface area contributed by atoms with Crippen LogP contribution in [-0.2, 0) is 4.74 Å². The van der Waals surface area contributed by atoms with E-state index in [1.807, 2.05) is 21.0 Å². The predicted octanol–water partition coefficient (Wildman–Crippen LogP) is 2.44. The summed E-state index contributed by atoms with van der Waals surface area (Å²) in [5, 5.41) is 0. The minimum Gasteiger partial charge on any atom is -0.384 e. The van der Waals surface area contributed by atoms with E-state index in [1.54, 1.807) is 0 Å². The van der Waals surface area contributed by atoms with Crippen LogP contribution in [-0.4, -0.2) is 62.3 Å². The van der Waals surface area contributed by atoms with Crippen LogP contribution >= 0.6 is 0 Å². The first-order valence-electron chi connectivity index (χ1n) is 10.2. The van der Waals surface area contributed by atoms with Gasteiger partial charge in [-0.3, -0.25) is 0 Å². The fraction of sp³-hybridized carbons (Fsp3) is 0.833. The standard InChI is InChI=1S/C20H38N2O.C2H6.2CH3.Na/c1-8-22(9-2)17-10-20(11-17)14-21(15-20)13-18(3,4)12-19(5,6)16-23-7;1-2;;;/h17H,1-2,8-16H2,3-7H3;1-2H3;2*1H3;/q-2;;2*-1;+1. The monoisotopic (exact) mass is 405 g/mol. The van der Waals surface area contributed by atoms with E-state index in [1.165, 1.54) is 38.9 Å². The summed E-state index contributed by atoms with van der Waals surface area (Å²) in [6.07, 6.45) is 3.91. The number of methoxy groups -OCH3 is 1. The summed E-state index contributed by atoms with van der Waals surface area (Å²) in [5.41, 5.74) is 1.22. The van der Waals surface area contributed by atoms with Crippen molar-refractivity contribution in [3.63, 3.8) is 0 Å². The number of ether oxygens (including phenoxy) is 1. The molecule has 1 aliphatic carbocycles. The number of likely N-dealkylation sites (tertiary alicyclic amines) is 1. The van der Waals surface area contributed by atoms with Crippen LogP contribution < -0.4 is 29.6 Å². The average molecular weight is 406 g/mol. The molecule has 0 atom stereocenters. The number of rotatable bonds is 9. The van der Waals surface area contributed by atoms with E-state index < -0.39 is 0 Å². The van der Waals surface area contributed by atoms with Crippen molar-refractivity contribution in [2.24, 2.45) is 16.2 Å². The predicted molar refractivity (Wildman–Crippen MR) is 122 cm³/mol. The first-order chi connectivity index (χ1) is 11.6. The van der Waals surface area contributed by atoms with Gasteiger partial charge in [0.05, 0.1) is 6.61 Å². The third-order valence-corrected chi connectivity index (χ3v) is 5.69. The molecule has 0 bridgehead atoms. The molecular formula is C24H50N2NaO-3. The van der Waals surface area contributed by atoms with Gasteiger partial charge < -0.3 is 43.2 Å². The Morgan fingerprint density at radius 1 is 1.00 bits per heavy atom. The fourth-order valence-electron chi connectivity index (χ4n) is 5.35. The molecule has 1 aliphatic heterocycles. The molecule has 2 rings (SSSR count). The molecule has 0 amide bonds. The molecule has 28 heavy (non-hydrogen) atoms. The van der Waals surface area contributed by atoms with Crippen LogP contribution in [0.4, 0.5) is 0 Å². The van der Waals surface area contributed by atoms with Crippen LogP contribution in [0.25, 0.3) is 0 Å². The van der Waals surface area contributed by atoms with Gasteiger partial charge in [-0.25, -0.2) is 0 Å². The molecule has 0 unspecified atom stereocenters. The van der Waals surface area contributed by atoms with Gasteiger partial charge in [0.1, 0.15) is 0 Å². The molecule has 1 saturated carbocycles. The fourth-order valence-corrected chi connectivity index (χ4v) is 5.35. The van der Waals surface area contributed by atoms with E-state index in [2.05, 4.69) is 51.3 Å². The van der Waals surface area contributed by atoms with Crippen molar-refractivity contribution in [3.05, 3.63) is 28.7 Å². The van der Waals surface area contributed by atoms with E-state index in [0.717, 1.165) is 25.7 Å². The Hall–Kier alpha value is 0.880. The molecule has 0 aromatic carbocycles. The van der Waals surface area contributed by atoms with Crippen molar-refractivity contribution < 1.29 is 34.3 Å². The maximum Gasteiger partial charge on any atom is 1.00 e. The summed E-state index contributed by atoms with van der Waals surface area (Å²) in [6.45, 7) is 27.9. The molecule has 0 aromatic heterocycles. The summed E-state index contributed by atoms with van der Waals surface area (Å²) < 4.78 is 5.38. The van der Waals surface area contributed by atoms with E-state index in [-0.39, 0.29) is 49.8 Å². The topological polar surface area (TPSA) is 15.7 Å². The normalized spacial score (nSPS) is 18.6. The Morgan fingerprint density at radius 2 is 1.46 bits per heavy atom. The summed E-state index contributed by atoms with van der Waals surface area (Å²) in [6, 6.07) is 0.737. The first kappa shape index (κ1) is 33.5. The second-order valence-electron chi connectivity index (χ2n) is 9.68. The zero-order chi connectivity index (χ0) is 19.3. The maximum atomic E-state index is 5.38. The molecule has 2 fully saturated rings. The Labute approximate surface area is 201 Å². The van der Waals surface area contributed by atoms with E-state index in [4.69, 9.17) is 4.74 Å². The SMILES string of the molecule is CC.[CH2-]CN(C[CH2-])C1CC2(C1)CN(CC(C)(C)CC(C)(C)COC)C2.[CH3-].[CH3-].[Na+]. The van der Waals surface area contributed by atoms with Gasteiger partial charge in [0.15, 0.2) is 0 Å². The Bertz CT molecular complexity index is 380. The summed E-state index contributed by atoms with van der Waals surface area (Å²) >= 11 is 0. The quantitative estimate of drug-likeness (QED) is 0.433. The maximum absolute atomic E-state index is 5.38. The van der Waals surface area contributed by atoms with Crippen molar-refractivity contribution in [1.29, 1.82) is 0 Å². The van der Waals surface area contributed by atoms with Crippen LogP contribution in [0.3, 0.4) is 0 Å². The zero-order valence-electron chi connectivity index (χ0n) is 21.2. The van der Waals surface area contributed by atoms with Gasteiger partial charge in [0.25, 0.3) is 0 Å². The van der Waals surface area contributed by atoms with Crippen LogP contribution in [0, 0.1) is 44.9 Å². The molecule has 1 saturated heterocycles. The van der Waals surface area contributed by atoms with E-state index in [0.29, 0.717) is 10.8 Å². The van der Waals surface area contributed by atoms with Gasteiger partial charge >= 0.3 is 29.6 Å². The Kier molecular flexibility index (Phi) is 16.8. The van der Waals surface area contributed by atoms with Crippen molar-refractivity contribution >= 4 is 0 Å². The van der Waals surface area contributed by atoms with Gasteiger partial charge in [-0.1, -0.05) is 41.5 Å². The molecule has 166 valence electrons. The summed E-state index contributed by atoms with van der Waals surface area (Å²) in [5.74, 6) is 0. The molecule has 0 radical (unpaired) electrons. The minimum atomic E-state index is 0. The molecule has 2 aliphatic rings. The third-order valence-electron chi connectivity index (χ3n) is 5.69. The van der Waals surface area contributed by atoms with Gasteiger partial charge in [-0.2, -0.15) is 0 Å². The number of hydrogen-bond donors (Lipinski definition) is 0. The molecule has 0 N–H and O–H groups in total. The average Bonchev–Trinajstić information content (AvgIpc) is 2.43. The van der Waals surface area contributed by atoms with Crippen molar-refractivity contribution in [1.82, 2.24) is 9.80 Å². The largest absolute Gasteiger partial charge is 1.00 e. The number of hydrogen-bond acceptors (Lipinski definition) is 3. The van der Waals surface area contributed by atoms with Crippen molar-refractivity contribution in [2.75, 3.05) is 46.4 Å². The minimum absolute atomic E-state index is 0. The van der Waals surface area contributed by atoms with Gasteiger partial charge in [0.2, 0.25) is 0 Å². The summed E-state index contributed by atoms with van der Waals surface area (Å²) in [7, 11) is 1.81. The Balaban J connectivity index is -0.00000121. The molecule has 4 heteroatoms. The van der Waals surface area contributed by atoms with Crippen molar-refractivity contribution in [2.45, 2.75) is 66.8 Å². The van der Waals surface area contributed by atoms with Crippen LogP contribution in [0.15, 0.2) is 0 Å². The van der Waals surface area contributed by atoms with Gasteiger partial charge in [-0.15, -0.1) is 13.1 Å². The third kappa shape index (κ3) is 9.35. The van der Waals surface area contributed by atoms with Gasteiger partial charge in [-0.05, 0) is 35.5 Å². The van der Waals surface area contributed by atoms with Crippen LogP contribution in [0.1, 0.15) is 60.8 Å². The smallest absolute Gasteiger partial charge is 0.384 e. The van der Waals surface area contributed by atoms with Gasteiger partial charge in [0, 0.05) is 32.8 Å². The number of nitrogens with zero attached hydrogens (tertiary/aromatic N) is 2. The molecule has 1 spiro atoms. The second kappa shape index (κ2) is 14.0. The van der Waals surface area contributed by atoms with E-state index in [9.17, 15) is 0 Å². The molecule has 1 heterocycles. The second-order valence-corrected chi connectivity index (χ2v) is 9.68. The zero-order valence-corrected chi connectivity index (χ0v) is 23.2. The molecular weight excluding hydrogens is 355 g/mol. The van der Waals surface area contributed by atoms with Crippen LogP contribution in [0.5, 0.6) is 0 Å². The van der Waals surface area contributed by atoms with E-state index >= 15 is 0 Å². The molecule has 3 nitrogen and oxygen atoms in total. The first-order valence-corrected chi connectivity index (χ1v) is 10.2. The Morgan fingerprint density at radius 3 is 1.86 bits per heavy atom.